The quantitative estimate of drug-likeness (QED) is 0.667. The highest BCUT2D eigenvalue weighted by Gasteiger charge is 2.34. The number of hydrogen-bond acceptors (Lipinski definition) is 4. The van der Waals surface area contributed by atoms with Gasteiger partial charge in [0.15, 0.2) is 0 Å². The molecular weight excluding hydrogens is 262 g/mol. The van der Waals surface area contributed by atoms with E-state index in [1.165, 1.54) is 0 Å². The third-order valence-corrected chi connectivity index (χ3v) is 1.85. The first-order chi connectivity index (χ1) is 8.28. The Labute approximate surface area is 97.3 Å². The lowest BCUT2D eigenvalue weighted by Crippen LogP contribution is -2.24. The molecule has 0 amide bonds. The average molecular weight is 269 g/mol. The fourth-order valence-electron chi connectivity index (χ4n) is 1.11. The number of esters is 1. The molecule has 0 radical (unpaired) electrons. The first-order valence-corrected chi connectivity index (χ1v) is 4.44. The fraction of sp³-hybridized carbons (Fsp3) is 0.333. The van der Waals surface area contributed by atoms with Crippen molar-refractivity contribution < 1.29 is 31.8 Å². The van der Waals surface area contributed by atoms with Gasteiger partial charge in [0.05, 0.1) is 7.11 Å². The maximum absolute atomic E-state index is 12.4. The molecule has 5 nitrogen and oxygen atoms in total. The number of hydrogen-bond donors (Lipinski definition) is 1. The van der Waals surface area contributed by atoms with Crippen molar-refractivity contribution in [2.75, 3.05) is 7.11 Å². The van der Waals surface area contributed by atoms with Gasteiger partial charge in [0.2, 0.25) is 5.88 Å². The molecule has 1 heterocycles. The summed E-state index contributed by atoms with van der Waals surface area (Å²) in [6.07, 6.45) is -5.11. The number of pyridine rings is 1. The van der Waals surface area contributed by atoms with Crippen molar-refractivity contribution in [3.05, 3.63) is 27.5 Å². The number of aromatic nitrogens is 1. The molecule has 0 bridgehead atoms. The van der Waals surface area contributed by atoms with Gasteiger partial charge >= 0.3 is 12.3 Å². The highest BCUT2D eigenvalue weighted by Crippen LogP contribution is 2.24. The minimum absolute atomic E-state index is 0.509. The van der Waals surface area contributed by atoms with Gasteiger partial charge in [0.25, 0.3) is 5.56 Å². The Morgan fingerprint density at radius 3 is 2.50 bits per heavy atom. The molecule has 1 aromatic heterocycles. The van der Waals surface area contributed by atoms with Crippen LogP contribution < -0.4 is 10.3 Å². The maximum Gasteiger partial charge on any atom is 0.574 e. The molecule has 0 aliphatic heterocycles. The predicted octanol–water partition coefficient (Wildman–Crippen LogP) is 1.53. The van der Waals surface area contributed by atoms with Crippen LogP contribution in [0.5, 0.6) is 5.88 Å². The molecule has 0 spiro atoms. The number of rotatable bonds is 3. The van der Waals surface area contributed by atoms with Crippen LogP contribution in [0, 0.1) is 0 Å². The van der Waals surface area contributed by atoms with E-state index in [2.05, 4.69) is 9.47 Å². The van der Waals surface area contributed by atoms with E-state index in [1.54, 1.807) is 4.98 Å². The number of H-pyrrole nitrogens is 1. The van der Waals surface area contributed by atoms with Gasteiger partial charge in [-0.1, -0.05) is 0 Å². The summed E-state index contributed by atoms with van der Waals surface area (Å²) in [7, 11) is 0.917. The van der Waals surface area contributed by atoms with Crippen LogP contribution in [-0.4, -0.2) is 24.4 Å². The molecule has 0 unspecified atom stereocenters. The van der Waals surface area contributed by atoms with E-state index < -0.39 is 41.6 Å². The summed E-state index contributed by atoms with van der Waals surface area (Å²) < 4.78 is 56.1. The molecule has 1 N–H and O–H groups in total. The van der Waals surface area contributed by atoms with Gasteiger partial charge in [0, 0.05) is 5.56 Å². The summed E-state index contributed by atoms with van der Waals surface area (Å²) in [5, 5.41) is 0. The zero-order valence-corrected chi connectivity index (χ0v) is 8.93. The number of carbonyl (C=O) groups is 1. The molecule has 0 saturated heterocycles. The second-order valence-corrected chi connectivity index (χ2v) is 3.04. The Bertz CT molecular complexity index is 508. The number of ether oxygens (including phenoxy) is 2. The van der Waals surface area contributed by atoms with Gasteiger partial charge in [0.1, 0.15) is 12.2 Å². The molecule has 100 valence electrons. The molecule has 0 aliphatic carbocycles. The molecule has 1 rings (SSSR count). The second-order valence-electron chi connectivity index (χ2n) is 3.04. The van der Waals surface area contributed by atoms with Crippen LogP contribution in [0.15, 0.2) is 10.9 Å². The van der Waals surface area contributed by atoms with Gasteiger partial charge in [-0.05, 0) is 6.07 Å². The number of carbonyl (C=O) groups excluding carboxylic acids is 1. The van der Waals surface area contributed by atoms with Crippen molar-refractivity contribution >= 4 is 5.97 Å². The van der Waals surface area contributed by atoms with E-state index in [9.17, 15) is 27.2 Å². The van der Waals surface area contributed by atoms with Crippen LogP contribution in [0.1, 0.15) is 15.9 Å². The molecule has 18 heavy (non-hydrogen) atoms. The van der Waals surface area contributed by atoms with Gasteiger partial charge in [-0.2, -0.15) is 0 Å². The van der Waals surface area contributed by atoms with E-state index in [-0.39, 0.29) is 0 Å². The van der Waals surface area contributed by atoms with E-state index in [0.29, 0.717) is 6.07 Å². The zero-order chi connectivity index (χ0) is 13.9. The van der Waals surface area contributed by atoms with Crippen molar-refractivity contribution in [1.82, 2.24) is 4.98 Å². The lowest BCUT2D eigenvalue weighted by Gasteiger charge is -2.12. The van der Waals surface area contributed by atoms with Crippen LogP contribution in [0.2, 0.25) is 0 Å². The fourth-order valence-corrected chi connectivity index (χ4v) is 1.11. The highest BCUT2D eigenvalue weighted by molar-refractivity contribution is 5.91. The Hall–Kier alpha value is -2.06. The largest absolute Gasteiger partial charge is 0.574 e. The Balaban J connectivity index is 3.34. The monoisotopic (exact) mass is 269 g/mol. The van der Waals surface area contributed by atoms with Gasteiger partial charge in [-0.3, -0.25) is 9.78 Å². The Morgan fingerprint density at radius 2 is 2.06 bits per heavy atom. The van der Waals surface area contributed by atoms with Crippen molar-refractivity contribution in [3.63, 3.8) is 0 Å². The molecular formula is C9H7F4NO4. The van der Waals surface area contributed by atoms with Gasteiger partial charge in [-0.25, -0.2) is 9.18 Å². The minimum atomic E-state index is -5.11. The highest BCUT2D eigenvalue weighted by atomic mass is 19.4. The Kier molecular flexibility index (Phi) is 3.94. The maximum atomic E-state index is 12.4. The van der Waals surface area contributed by atoms with Crippen LogP contribution in [0.4, 0.5) is 17.6 Å². The van der Waals surface area contributed by atoms with Crippen LogP contribution in [0.3, 0.4) is 0 Å². The first kappa shape index (κ1) is 14.0. The van der Waals surface area contributed by atoms with Crippen molar-refractivity contribution in [1.29, 1.82) is 0 Å². The van der Waals surface area contributed by atoms with Crippen LogP contribution in [-0.2, 0) is 11.4 Å². The van der Waals surface area contributed by atoms with E-state index in [0.717, 1.165) is 7.11 Å². The topological polar surface area (TPSA) is 68.4 Å². The lowest BCUT2D eigenvalue weighted by atomic mass is 10.2. The molecule has 0 aromatic carbocycles. The molecule has 0 fully saturated rings. The van der Waals surface area contributed by atoms with Crippen LogP contribution in [0.25, 0.3) is 0 Å². The van der Waals surface area contributed by atoms with Crippen molar-refractivity contribution in [2.45, 2.75) is 13.0 Å². The molecule has 0 aliphatic rings. The number of alkyl halides is 4. The lowest BCUT2D eigenvalue weighted by molar-refractivity contribution is -0.276. The van der Waals surface area contributed by atoms with Crippen LogP contribution >= 0.6 is 0 Å². The van der Waals surface area contributed by atoms with Crippen molar-refractivity contribution in [3.8, 4) is 5.88 Å². The number of nitrogens with one attached hydrogen (secondary N) is 1. The molecule has 1 aromatic rings. The minimum Gasteiger partial charge on any atom is -0.465 e. The van der Waals surface area contributed by atoms with E-state index >= 15 is 0 Å². The number of aromatic amines is 1. The summed E-state index contributed by atoms with van der Waals surface area (Å²) in [6, 6.07) is 0.645. The summed E-state index contributed by atoms with van der Waals surface area (Å²) in [5.74, 6) is -2.34. The first-order valence-electron chi connectivity index (χ1n) is 4.44. The summed E-state index contributed by atoms with van der Waals surface area (Å²) >= 11 is 0. The standard InChI is InChI=1S/C9H7F4NO4/c1-17-8(16)5-2-4(3-10)6(15)14-7(5)18-9(11,12)13/h2H,3H2,1H3,(H,14,15). The van der Waals surface area contributed by atoms with Gasteiger partial charge < -0.3 is 9.47 Å². The SMILES string of the molecule is COC(=O)c1cc(CF)c(=O)[nH]c1OC(F)(F)F. The summed E-state index contributed by atoms with van der Waals surface area (Å²) in [6.45, 7) is -1.24. The van der Waals surface area contributed by atoms with Gasteiger partial charge in [-0.15, -0.1) is 13.2 Å². The zero-order valence-electron chi connectivity index (χ0n) is 8.93. The molecule has 0 atom stereocenters. The number of methoxy groups -OCH3 is 1. The second kappa shape index (κ2) is 5.07. The van der Waals surface area contributed by atoms with Crippen molar-refractivity contribution in [2.24, 2.45) is 0 Å². The smallest absolute Gasteiger partial charge is 0.465 e. The normalized spacial score (nSPS) is 11.2. The van der Waals surface area contributed by atoms with E-state index in [1.807, 2.05) is 0 Å². The predicted molar refractivity (Wildman–Crippen MR) is 49.9 cm³/mol. The summed E-state index contributed by atoms with van der Waals surface area (Å²) in [4.78, 5) is 23.9. The van der Waals surface area contributed by atoms with E-state index in [4.69, 9.17) is 0 Å². The third kappa shape index (κ3) is 3.22. The third-order valence-electron chi connectivity index (χ3n) is 1.85. The molecule has 0 saturated carbocycles. The average Bonchev–Trinajstić information content (AvgIpc) is 2.26. The summed E-state index contributed by atoms with van der Waals surface area (Å²) in [5.41, 5.74) is -2.35. The number of halogens is 4. The Morgan fingerprint density at radius 1 is 1.44 bits per heavy atom. The molecule has 9 heteroatoms.